The molecule has 2 aromatic rings. The van der Waals surface area contributed by atoms with Crippen LogP contribution in [0.15, 0.2) is 11.4 Å². The van der Waals surface area contributed by atoms with Crippen molar-refractivity contribution in [2.75, 3.05) is 11.5 Å². The molecule has 4 N–H and O–H groups in total. The van der Waals surface area contributed by atoms with Gasteiger partial charge in [0, 0.05) is 0 Å². The van der Waals surface area contributed by atoms with Crippen LogP contribution >= 0.6 is 11.3 Å². The number of anilines is 2. The highest BCUT2D eigenvalue weighted by Gasteiger charge is 2.35. The second-order valence-corrected chi connectivity index (χ2v) is 3.95. The number of halogens is 3. The largest absolute Gasteiger partial charge is 0.417 e. The van der Waals surface area contributed by atoms with Gasteiger partial charge >= 0.3 is 6.18 Å². The van der Waals surface area contributed by atoms with E-state index in [1.165, 1.54) is 5.38 Å². The van der Waals surface area contributed by atoms with Crippen molar-refractivity contribution in [1.29, 1.82) is 0 Å². The maximum absolute atomic E-state index is 12.6. The first-order valence-electron chi connectivity index (χ1n) is 4.30. The molecule has 5 nitrogen and oxygen atoms in total. The van der Waals surface area contributed by atoms with E-state index in [-0.39, 0.29) is 22.6 Å². The molecule has 2 heterocycles. The Kier molecular flexibility index (Phi) is 2.62. The van der Waals surface area contributed by atoms with Gasteiger partial charge < -0.3 is 11.5 Å². The normalized spacial score (nSPS) is 11.7. The average molecular weight is 261 g/mol. The van der Waals surface area contributed by atoms with Crippen molar-refractivity contribution in [3.05, 3.63) is 17.0 Å². The Labute approximate surface area is 97.3 Å². The van der Waals surface area contributed by atoms with Crippen molar-refractivity contribution in [3.8, 4) is 10.7 Å². The van der Waals surface area contributed by atoms with Crippen molar-refractivity contribution < 1.29 is 13.2 Å². The summed E-state index contributed by atoms with van der Waals surface area (Å²) >= 11 is 0.863. The van der Waals surface area contributed by atoms with Crippen LogP contribution in [0, 0.1) is 0 Å². The lowest BCUT2D eigenvalue weighted by molar-refractivity contribution is -0.136. The average Bonchev–Trinajstić information content (AvgIpc) is 2.63. The number of aromatic nitrogens is 3. The van der Waals surface area contributed by atoms with Gasteiger partial charge in [-0.3, -0.25) is 0 Å². The summed E-state index contributed by atoms with van der Waals surface area (Å²) in [6.07, 6.45) is -4.47. The van der Waals surface area contributed by atoms with Crippen LogP contribution in [0.25, 0.3) is 10.7 Å². The standard InChI is InChI=1S/C8H6F3N5S/c9-8(10,11)3-1-2-17-4(3)5-14-6(12)16-7(13)15-5/h1-2H,(H4,12,13,14,15,16). The van der Waals surface area contributed by atoms with Crippen LogP contribution in [0.4, 0.5) is 25.1 Å². The Bertz CT molecular complexity index is 530. The van der Waals surface area contributed by atoms with Gasteiger partial charge in [-0.15, -0.1) is 11.3 Å². The molecular formula is C8H6F3N5S. The van der Waals surface area contributed by atoms with Gasteiger partial charge in [-0.1, -0.05) is 0 Å². The molecule has 17 heavy (non-hydrogen) atoms. The van der Waals surface area contributed by atoms with Crippen molar-refractivity contribution in [2.24, 2.45) is 0 Å². The molecule has 0 atom stereocenters. The molecule has 9 heteroatoms. The molecule has 2 rings (SSSR count). The lowest BCUT2D eigenvalue weighted by Gasteiger charge is -2.07. The minimum Gasteiger partial charge on any atom is -0.368 e. The summed E-state index contributed by atoms with van der Waals surface area (Å²) in [5, 5.41) is 1.30. The predicted molar refractivity (Wildman–Crippen MR) is 57.0 cm³/mol. The fraction of sp³-hybridized carbons (Fsp3) is 0.125. The summed E-state index contributed by atoms with van der Waals surface area (Å²) in [4.78, 5) is 10.6. The van der Waals surface area contributed by atoms with Crippen LogP contribution < -0.4 is 11.5 Å². The zero-order valence-electron chi connectivity index (χ0n) is 8.19. The summed E-state index contributed by atoms with van der Waals surface area (Å²) in [5.41, 5.74) is 9.80. The molecule has 90 valence electrons. The molecule has 0 saturated heterocycles. The van der Waals surface area contributed by atoms with E-state index >= 15 is 0 Å². The van der Waals surface area contributed by atoms with Gasteiger partial charge in [-0.2, -0.15) is 28.1 Å². The van der Waals surface area contributed by atoms with Gasteiger partial charge in [-0.25, -0.2) is 0 Å². The molecule has 2 aromatic heterocycles. The fourth-order valence-corrected chi connectivity index (χ4v) is 2.06. The molecule has 0 amide bonds. The Morgan fingerprint density at radius 1 is 1.06 bits per heavy atom. The maximum Gasteiger partial charge on any atom is 0.417 e. The third-order valence-corrected chi connectivity index (χ3v) is 2.75. The number of hydrogen-bond donors (Lipinski definition) is 2. The van der Waals surface area contributed by atoms with Crippen molar-refractivity contribution in [2.45, 2.75) is 6.18 Å². The van der Waals surface area contributed by atoms with Crippen molar-refractivity contribution >= 4 is 23.2 Å². The third kappa shape index (κ3) is 2.28. The van der Waals surface area contributed by atoms with Gasteiger partial charge in [0.15, 0.2) is 5.82 Å². The highest BCUT2D eigenvalue weighted by molar-refractivity contribution is 7.13. The number of thiophene rings is 1. The summed E-state index contributed by atoms with van der Waals surface area (Å²) in [5.74, 6) is -0.597. The highest BCUT2D eigenvalue weighted by atomic mass is 32.1. The molecule has 0 saturated carbocycles. The second kappa shape index (κ2) is 3.84. The zero-order chi connectivity index (χ0) is 12.6. The number of nitrogens with two attached hydrogens (primary N) is 2. The smallest absolute Gasteiger partial charge is 0.368 e. The maximum atomic E-state index is 12.6. The zero-order valence-corrected chi connectivity index (χ0v) is 9.01. The van der Waals surface area contributed by atoms with Crippen LogP contribution in [-0.4, -0.2) is 15.0 Å². The molecule has 0 aliphatic heterocycles. The number of hydrogen-bond acceptors (Lipinski definition) is 6. The fourth-order valence-electron chi connectivity index (χ4n) is 1.22. The van der Waals surface area contributed by atoms with Crippen LogP contribution in [-0.2, 0) is 6.18 Å². The van der Waals surface area contributed by atoms with Gasteiger partial charge in [0.05, 0.1) is 10.4 Å². The quantitative estimate of drug-likeness (QED) is 0.816. The molecule has 0 spiro atoms. The molecular weight excluding hydrogens is 255 g/mol. The lowest BCUT2D eigenvalue weighted by Crippen LogP contribution is -2.08. The Balaban J connectivity index is 2.57. The molecule has 0 unspecified atom stereocenters. The predicted octanol–water partition coefficient (Wildman–Crippen LogP) is 1.78. The Morgan fingerprint density at radius 3 is 2.18 bits per heavy atom. The summed E-state index contributed by atoms with van der Waals surface area (Å²) < 4.78 is 37.9. The van der Waals surface area contributed by atoms with Crippen LogP contribution in [0.2, 0.25) is 0 Å². The number of nitrogen functional groups attached to an aromatic ring is 2. The van der Waals surface area contributed by atoms with Gasteiger partial charge in [0.25, 0.3) is 0 Å². The topological polar surface area (TPSA) is 90.7 Å². The van der Waals surface area contributed by atoms with Gasteiger partial charge in [0.1, 0.15) is 0 Å². The first-order chi connectivity index (χ1) is 7.88. The van der Waals surface area contributed by atoms with Crippen LogP contribution in [0.5, 0.6) is 0 Å². The van der Waals surface area contributed by atoms with E-state index in [1.807, 2.05) is 0 Å². The van der Waals surface area contributed by atoms with E-state index < -0.39 is 11.7 Å². The van der Waals surface area contributed by atoms with E-state index in [2.05, 4.69) is 15.0 Å². The minimum absolute atomic E-state index is 0.127. The van der Waals surface area contributed by atoms with E-state index in [0.29, 0.717) is 0 Å². The first-order valence-corrected chi connectivity index (χ1v) is 5.18. The molecule has 0 aromatic carbocycles. The van der Waals surface area contributed by atoms with Gasteiger partial charge in [0.2, 0.25) is 11.9 Å². The highest BCUT2D eigenvalue weighted by Crippen LogP contribution is 2.39. The second-order valence-electron chi connectivity index (χ2n) is 3.04. The number of nitrogens with zero attached hydrogens (tertiary/aromatic N) is 3. The van der Waals surface area contributed by atoms with E-state index in [0.717, 1.165) is 17.4 Å². The molecule has 0 radical (unpaired) electrons. The van der Waals surface area contributed by atoms with Crippen molar-refractivity contribution in [3.63, 3.8) is 0 Å². The van der Waals surface area contributed by atoms with Gasteiger partial charge in [-0.05, 0) is 11.4 Å². The van der Waals surface area contributed by atoms with E-state index in [9.17, 15) is 13.2 Å². The first kappa shape index (κ1) is 11.6. The van der Waals surface area contributed by atoms with Crippen molar-refractivity contribution in [1.82, 2.24) is 15.0 Å². The number of alkyl halides is 3. The number of rotatable bonds is 1. The minimum atomic E-state index is -4.47. The van der Waals surface area contributed by atoms with E-state index in [1.54, 1.807) is 0 Å². The van der Waals surface area contributed by atoms with E-state index in [4.69, 9.17) is 11.5 Å². The third-order valence-electron chi connectivity index (χ3n) is 1.84. The lowest BCUT2D eigenvalue weighted by atomic mass is 10.2. The van der Waals surface area contributed by atoms with Crippen LogP contribution in [0.3, 0.4) is 0 Å². The summed E-state index contributed by atoms with van der Waals surface area (Å²) in [6.45, 7) is 0. The Morgan fingerprint density at radius 2 is 1.65 bits per heavy atom. The molecule has 0 fully saturated rings. The summed E-state index contributed by atoms with van der Waals surface area (Å²) in [7, 11) is 0. The molecule has 0 aliphatic carbocycles. The van der Waals surface area contributed by atoms with Crippen LogP contribution in [0.1, 0.15) is 5.56 Å². The summed E-state index contributed by atoms with van der Waals surface area (Å²) in [6, 6.07) is 0.955. The molecule has 0 bridgehead atoms. The SMILES string of the molecule is Nc1nc(N)nc(-c2sccc2C(F)(F)F)n1. The monoisotopic (exact) mass is 261 g/mol. The Hall–Kier alpha value is -1.90. The molecule has 0 aliphatic rings.